The van der Waals surface area contributed by atoms with Crippen molar-refractivity contribution in [3.05, 3.63) is 88.9 Å². The van der Waals surface area contributed by atoms with Gasteiger partial charge in [-0.1, -0.05) is 42.9 Å². The van der Waals surface area contributed by atoms with E-state index in [2.05, 4.69) is 11.9 Å². The van der Waals surface area contributed by atoms with Crippen molar-refractivity contribution < 1.29 is 24.2 Å². The van der Waals surface area contributed by atoms with E-state index in [9.17, 15) is 14.7 Å². The van der Waals surface area contributed by atoms with Gasteiger partial charge in [-0.05, 0) is 74.7 Å². The van der Waals surface area contributed by atoms with Crippen LogP contribution in [0.3, 0.4) is 0 Å². The highest BCUT2D eigenvalue weighted by Gasteiger charge is 2.49. The van der Waals surface area contributed by atoms with Crippen LogP contribution in [0.1, 0.15) is 55.2 Å². The van der Waals surface area contributed by atoms with Crippen molar-refractivity contribution in [2.24, 2.45) is 0 Å². The second-order valence-corrected chi connectivity index (χ2v) is 11.5. The molecule has 1 N–H and O–H groups in total. The standard InChI is InChI=1S/C33H32N4O5S/c1-5-7-16-42-23-14-12-21(18-24(23)41-6-2)29-27(30(38)28-20(4)34-26-10-8-9-15-36(26)28)31(39)32(40)37(29)33-35-22-13-11-19(3)17-25(22)43-33/h8-15,17-18,29,38H,5-7,16H2,1-4H3/b30-27+. The highest BCUT2D eigenvalue weighted by molar-refractivity contribution is 7.22. The summed E-state index contributed by atoms with van der Waals surface area (Å²) in [6, 6.07) is 15.7. The first-order chi connectivity index (χ1) is 20.8. The summed E-state index contributed by atoms with van der Waals surface area (Å²) in [7, 11) is 0. The number of aryl methyl sites for hydroxylation is 2. The molecule has 1 unspecified atom stereocenters. The van der Waals surface area contributed by atoms with E-state index < -0.39 is 17.7 Å². The topological polar surface area (TPSA) is 106 Å². The van der Waals surface area contributed by atoms with E-state index in [1.54, 1.807) is 35.7 Å². The van der Waals surface area contributed by atoms with Crippen LogP contribution in [0.2, 0.25) is 0 Å². The molecule has 0 spiro atoms. The summed E-state index contributed by atoms with van der Waals surface area (Å²) in [6.07, 6.45) is 3.64. The molecule has 0 saturated carbocycles. The maximum atomic E-state index is 13.9. The fraction of sp³-hybridized carbons (Fsp3) is 0.273. The van der Waals surface area contributed by atoms with Gasteiger partial charge in [-0.3, -0.25) is 18.9 Å². The quantitative estimate of drug-likeness (QED) is 0.0867. The van der Waals surface area contributed by atoms with Crippen molar-refractivity contribution in [3.63, 3.8) is 0 Å². The van der Waals surface area contributed by atoms with Gasteiger partial charge in [0.2, 0.25) is 0 Å². The number of rotatable bonds is 9. The molecule has 1 fully saturated rings. The minimum Gasteiger partial charge on any atom is -0.505 e. The van der Waals surface area contributed by atoms with E-state index >= 15 is 0 Å². The van der Waals surface area contributed by atoms with Gasteiger partial charge in [-0.15, -0.1) is 0 Å². The maximum absolute atomic E-state index is 13.9. The number of ether oxygens (including phenoxy) is 2. The number of hydrogen-bond donors (Lipinski definition) is 1. The molecular formula is C33H32N4O5S. The number of hydrogen-bond acceptors (Lipinski definition) is 8. The van der Waals surface area contributed by atoms with Crippen LogP contribution in [0.15, 0.2) is 66.4 Å². The Morgan fingerprint density at radius 3 is 2.63 bits per heavy atom. The van der Waals surface area contributed by atoms with Crippen LogP contribution in [-0.4, -0.2) is 44.4 Å². The first-order valence-electron chi connectivity index (χ1n) is 14.3. The summed E-state index contributed by atoms with van der Waals surface area (Å²) in [5.74, 6) is -0.809. The number of aliphatic hydroxyl groups excluding tert-OH is 1. The Hall–Kier alpha value is -4.70. The van der Waals surface area contributed by atoms with Gasteiger partial charge in [-0.2, -0.15) is 0 Å². The summed E-state index contributed by atoms with van der Waals surface area (Å²) in [4.78, 5) is 38.4. The average molecular weight is 597 g/mol. The number of ketones is 1. The fourth-order valence-electron chi connectivity index (χ4n) is 5.40. The van der Waals surface area contributed by atoms with E-state index in [0.717, 1.165) is 28.6 Å². The molecule has 1 aliphatic rings. The minimum atomic E-state index is -0.973. The number of carbonyl (C=O) groups excluding carboxylic acids is 2. The van der Waals surface area contributed by atoms with E-state index in [1.165, 1.54) is 16.2 Å². The number of benzene rings is 2. The van der Waals surface area contributed by atoms with Gasteiger partial charge in [0.05, 0.1) is 40.7 Å². The predicted molar refractivity (Wildman–Crippen MR) is 167 cm³/mol. The fourth-order valence-corrected chi connectivity index (χ4v) is 6.49. The molecule has 4 heterocycles. The number of amides is 1. The van der Waals surface area contributed by atoms with Crippen molar-refractivity contribution in [1.82, 2.24) is 14.4 Å². The van der Waals surface area contributed by atoms with Crippen LogP contribution in [-0.2, 0) is 9.59 Å². The van der Waals surface area contributed by atoms with Gasteiger partial charge in [0, 0.05) is 6.20 Å². The molecule has 1 aliphatic heterocycles. The number of nitrogens with zero attached hydrogens (tertiary/aromatic N) is 4. The van der Waals surface area contributed by atoms with E-state index in [1.807, 2.05) is 50.2 Å². The summed E-state index contributed by atoms with van der Waals surface area (Å²) in [5, 5.41) is 12.2. The maximum Gasteiger partial charge on any atom is 0.301 e. The van der Waals surface area contributed by atoms with Gasteiger partial charge in [0.1, 0.15) is 11.3 Å². The van der Waals surface area contributed by atoms with Crippen molar-refractivity contribution in [1.29, 1.82) is 0 Å². The average Bonchev–Trinajstić information content (AvgIpc) is 3.64. The second kappa shape index (κ2) is 11.5. The number of fused-ring (bicyclic) bond motifs is 2. The number of unbranched alkanes of at least 4 members (excludes halogenated alkanes) is 1. The lowest BCUT2D eigenvalue weighted by Gasteiger charge is -2.24. The second-order valence-electron chi connectivity index (χ2n) is 10.5. The molecule has 0 radical (unpaired) electrons. The van der Waals surface area contributed by atoms with Gasteiger partial charge in [0.15, 0.2) is 22.4 Å². The third-order valence-corrected chi connectivity index (χ3v) is 8.47. The van der Waals surface area contributed by atoms with Crippen LogP contribution < -0.4 is 14.4 Å². The number of anilines is 1. The number of carbonyl (C=O) groups is 2. The van der Waals surface area contributed by atoms with Gasteiger partial charge in [-0.25, -0.2) is 9.97 Å². The summed E-state index contributed by atoms with van der Waals surface area (Å²) < 4.78 is 14.5. The Kier molecular flexibility index (Phi) is 7.62. The Morgan fingerprint density at radius 1 is 1.00 bits per heavy atom. The lowest BCUT2D eigenvalue weighted by molar-refractivity contribution is -0.132. The van der Waals surface area contributed by atoms with Crippen molar-refractivity contribution in [2.75, 3.05) is 18.1 Å². The summed E-state index contributed by atoms with van der Waals surface area (Å²) in [6.45, 7) is 8.65. The SMILES string of the molecule is CCCCOc1ccc(C2/C(=C(\O)c3c(C)nc4ccccn34)C(=O)C(=O)N2c2nc3ccc(C)cc3s2)cc1OCC. The third kappa shape index (κ3) is 5.01. The molecule has 1 atom stereocenters. The molecule has 6 rings (SSSR count). The zero-order chi connectivity index (χ0) is 30.2. The van der Waals surface area contributed by atoms with Crippen LogP contribution >= 0.6 is 11.3 Å². The highest BCUT2D eigenvalue weighted by Crippen LogP contribution is 2.46. The first kappa shape index (κ1) is 28.4. The molecular weight excluding hydrogens is 564 g/mol. The Morgan fingerprint density at radius 2 is 1.84 bits per heavy atom. The number of aliphatic hydroxyl groups is 1. The first-order valence-corrected chi connectivity index (χ1v) is 15.2. The number of thiazole rings is 1. The molecule has 3 aromatic heterocycles. The largest absolute Gasteiger partial charge is 0.505 e. The van der Waals surface area contributed by atoms with E-state index in [-0.39, 0.29) is 11.3 Å². The molecule has 1 saturated heterocycles. The lowest BCUT2D eigenvalue weighted by atomic mass is 9.96. The molecule has 5 aromatic rings. The normalized spacial score (nSPS) is 16.5. The van der Waals surface area contributed by atoms with E-state index in [0.29, 0.717) is 52.4 Å². The monoisotopic (exact) mass is 596 g/mol. The molecule has 2 aromatic carbocycles. The summed E-state index contributed by atoms with van der Waals surface area (Å²) >= 11 is 1.33. The van der Waals surface area contributed by atoms with E-state index in [4.69, 9.17) is 14.5 Å². The lowest BCUT2D eigenvalue weighted by Crippen LogP contribution is -2.29. The number of Topliss-reactive ketones (excluding diaryl/α,β-unsaturated/α-hetero) is 1. The van der Waals surface area contributed by atoms with Gasteiger partial charge < -0.3 is 14.6 Å². The minimum absolute atomic E-state index is 0.0451. The Bertz CT molecular complexity index is 1910. The molecule has 1 amide bonds. The van der Waals surface area contributed by atoms with Crippen molar-refractivity contribution >= 4 is 49.8 Å². The number of imidazole rings is 1. The van der Waals surface area contributed by atoms with Crippen molar-refractivity contribution in [3.8, 4) is 11.5 Å². The summed E-state index contributed by atoms with van der Waals surface area (Å²) in [5.41, 5.74) is 3.80. The molecule has 9 nitrogen and oxygen atoms in total. The Labute approximate surface area is 253 Å². The number of aromatic nitrogens is 3. The van der Waals surface area contributed by atoms with Crippen LogP contribution in [0, 0.1) is 13.8 Å². The van der Waals surface area contributed by atoms with Gasteiger partial charge >= 0.3 is 5.91 Å². The van der Waals surface area contributed by atoms with Crippen LogP contribution in [0.4, 0.5) is 5.13 Å². The molecule has 0 bridgehead atoms. The molecule has 10 heteroatoms. The smallest absolute Gasteiger partial charge is 0.301 e. The highest BCUT2D eigenvalue weighted by atomic mass is 32.1. The van der Waals surface area contributed by atoms with Crippen LogP contribution in [0.25, 0.3) is 21.6 Å². The zero-order valence-electron chi connectivity index (χ0n) is 24.5. The van der Waals surface area contributed by atoms with Gasteiger partial charge in [0.25, 0.3) is 5.78 Å². The molecule has 220 valence electrons. The number of pyridine rings is 1. The Balaban J connectivity index is 1.57. The van der Waals surface area contributed by atoms with Crippen LogP contribution in [0.5, 0.6) is 11.5 Å². The zero-order valence-corrected chi connectivity index (χ0v) is 25.3. The third-order valence-electron chi connectivity index (χ3n) is 7.45. The predicted octanol–water partition coefficient (Wildman–Crippen LogP) is 6.76. The molecule has 0 aliphatic carbocycles. The molecule has 43 heavy (non-hydrogen) atoms. The van der Waals surface area contributed by atoms with Crippen molar-refractivity contribution in [2.45, 2.75) is 46.6 Å².